The molecular weight excluding hydrogens is 420 g/mol. The van der Waals surface area contributed by atoms with Crippen LogP contribution in [0.5, 0.6) is 0 Å². The van der Waals surface area contributed by atoms with E-state index in [1.165, 1.54) is 38.0 Å². The summed E-state index contributed by atoms with van der Waals surface area (Å²) in [6.45, 7) is 1.75. The van der Waals surface area contributed by atoms with Crippen LogP contribution in [0.4, 0.5) is 5.69 Å². The molecule has 10 heteroatoms. The molecule has 0 aliphatic carbocycles. The number of thioether (sulfide) groups is 1. The summed E-state index contributed by atoms with van der Waals surface area (Å²) in [7, 11) is -0.880. The lowest BCUT2D eigenvalue weighted by atomic mass is 10.3. The van der Waals surface area contributed by atoms with Crippen molar-refractivity contribution in [3.05, 3.63) is 47.5 Å². The third-order valence-electron chi connectivity index (χ3n) is 3.98. The summed E-state index contributed by atoms with van der Waals surface area (Å²) in [5.41, 5.74) is 2.08. The largest absolute Gasteiger partial charge is 0.333 e. The lowest BCUT2D eigenvalue weighted by Crippen LogP contribution is -2.24. The Morgan fingerprint density at radius 1 is 1.25 bits per heavy atom. The first kappa shape index (κ1) is 20.7. The van der Waals surface area contributed by atoms with Gasteiger partial charge >= 0.3 is 0 Å². The van der Waals surface area contributed by atoms with E-state index in [0.717, 1.165) is 15.3 Å². The van der Waals surface area contributed by atoms with E-state index in [2.05, 4.69) is 15.3 Å². The van der Waals surface area contributed by atoms with Crippen LogP contribution in [-0.4, -0.2) is 47.9 Å². The van der Waals surface area contributed by atoms with Crippen molar-refractivity contribution < 1.29 is 13.2 Å². The molecule has 1 aromatic heterocycles. The fourth-order valence-corrected chi connectivity index (χ4v) is 4.64. The topological polar surface area (TPSA) is 95.2 Å². The van der Waals surface area contributed by atoms with Crippen molar-refractivity contribution in [1.82, 2.24) is 14.3 Å². The number of hydrogen-bond acceptors (Lipinski definition) is 5. The maximum atomic E-state index is 12.5. The number of sulfonamides is 1. The SMILES string of the molecule is CC(Sc1nc2ccccc2[nH]1)C(=O)Nc1ccc(Cl)c(S(=O)(=O)N(C)C)c1. The molecule has 0 saturated heterocycles. The molecule has 3 aromatic rings. The smallest absolute Gasteiger partial charge is 0.244 e. The summed E-state index contributed by atoms with van der Waals surface area (Å²) < 4.78 is 25.8. The summed E-state index contributed by atoms with van der Waals surface area (Å²) in [6, 6.07) is 12.0. The Kier molecular flexibility index (Phi) is 5.99. The Balaban J connectivity index is 1.75. The average molecular weight is 439 g/mol. The number of aromatic nitrogens is 2. The summed E-state index contributed by atoms with van der Waals surface area (Å²) >= 11 is 7.32. The normalized spacial score (nSPS) is 13.0. The third-order valence-corrected chi connectivity index (χ3v) is 7.26. The summed E-state index contributed by atoms with van der Waals surface area (Å²) in [5.74, 6) is -0.277. The number of nitrogens with zero attached hydrogens (tertiary/aromatic N) is 2. The first-order valence-electron chi connectivity index (χ1n) is 8.33. The fraction of sp³-hybridized carbons (Fsp3) is 0.222. The molecule has 1 heterocycles. The highest BCUT2D eigenvalue weighted by atomic mass is 35.5. The minimum absolute atomic E-state index is 0.0606. The molecule has 2 N–H and O–H groups in total. The number of para-hydroxylation sites is 2. The summed E-state index contributed by atoms with van der Waals surface area (Å²) in [5, 5.41) is 3.01. The Hall–Kier alpha value is -2.07. The molecule has 28 heavy (non-hydrogen) atoms. The van der Waals surface area contributed by atoms with E-state index in [-0.39, 0.29) is 15.8 Å². The molecule has 0 spiro atoms. The van der Waals surface area contributed by atoms with E-state index in [1.54, 1.807) is 13.0 Å². The van der Waals surface area contributed by atoms with Gasteiger partial charge in [0.1, 0.15) is 4.90 Å². The van der Waals surface area contributed by atoms with Gasteiger partial charge in [0.05, 0.1) is 21.3 Å². The number of H-pyrrole nitrogens is 1. The molecule has 0 aliphatic rings. The van der Waals surface area contributed by atoms with Gasteiger partial charge in [0.2, 0.25) is 15.9 Å². The molecular formula is C18H19ClN4O3S2. The summed E-state index contributed by atoms with van der Waals surface area (Å²) in [4.78, 5) is 20.1. The highest BCUT2D eigenvalue weighted by Gasteiger charge is 2.22. The highest BCUT2D eigenvalue weighted by molar-refractivity contribution is 8.00. The molecule has 3 rings (SSSR count). The van der Waals surface area contributed by atoms with Crippen LogP contribution in [0.1, 0.15) is 6.92 Å². The number of imidazole rings is 1. The molecule has 1 amide bonds. The molecule has 7 nitrogen and oxygen atoms in total. The molecule has 0 fully saturated rings. The quantitative estimate of drug-likeness (QED) is 0.573. The number of aromatic amines is 1. The minimum atomic E-state index is -3.72. The van der Waals surface area contributed by atoms with Gasteiger partial charge in [-0.3, -0.25) is 4.79 Å². The maximum Gasteiger partial charge on any atom is 0.244 e. The van der Waals surface area contributed by atoms with Crippen LogP contribution < -0.4 is 5.32 Å². The first-order chi connectivity index (χ1) is 13.2. The Bertz CT molecular complexity index is 1100. The Morgan fingerprint density at radius 3 is 2.64 bits per heavy atom. The van der Waals surface area contributed by atoms with Gasteiger partial charge in [-0.25, -0.2) is 17.7 Å². The zero-order chi connectivity index (χ0) is 20.5. The van der Waals surface area contributed by atoms with Gasteiger partial charge in [0, 0.05) is 19.8 Å². The fourth-order valence-electron chi connectivity index (χ4n) is 2.43. The van der Waals surface area contributed by atoms with Gasteiger partial charge in [0.15, 0.2) is 5.16 Å². The second-order valence-corrected chi connectivity index (χ2v) is 10.1. The molecule has 0 saturated carbocycles. The summed E-state index contributed by atoms with van der Waals surface area (Å²) in [6.07, 6.45) is 0. The first-order valence-corrected chi connectivity index (χ1v) is 11.0. The predicted molar refractivity (Wildman–Crippen MR) is 112 cm³/mol. The molecule has 2 aromatic carbocycles. The monoisotopic (exact) mass is 438 g/mol. The lowest BCUT2D eigenvalue weighted by Gasteiger charge is -2.15. The van der Waals surface area contributed by atoms with Crippen molar-refractivity contribution in [2.24, 2.45) is 0 Å². The molecule has 0 radical (unpaired) electrons. The van der Waals surface area contributed by atoms with Crippen LogP contribution in [0.15, 0.2) is 52.5 Å². The molecule has 1 atom stereocenters. The van der Waals surface area contributed by atoms with Gasteiger partial charge in [-0.1, -0.05) is 35.5 Å². The predicted octanol–water partition coefficient (Wildman–Crippen LogP) is 3.59. The highest BCUT2D eigenvalue weighted by Crippen LogP contribution is 2.28. The number of halogens is 1. The zero-order valence-electron chi connectivity index (χ0n) is 15.4. The van der Waals surface area contributed by atoms with E-state index >= 15 is 0 Å². The standard InChI is InChI=1S/C18H19ClN4O3S2/c1-11(27-18-21-14-6-4-5-7-15(14)22-18)17(24)20-12-8-9-13(19)16(10-12)28(25,26)23(2)3/h4-11H,1-3H3,(H,20,24)(H,21,22). The zero-order valence-corrected chi connectivity index (χ0v) is 17.8. The van der Waals surface area contributed by atoms with Crippen LogP contribution in [0.2, 0.25) is 5.02 Å². The van der Waals surface area contributed by atoms with Crippen LogP contribution in [0, 0.1) is 0 Å². The van der Waals surface area contributed by atoms with Gasteiger partial charge in [-0.15, -0.1) is 0 Å². The van der Waals surface area contributed by atoms with Gasteiger partial charge in [-0.2, -0.15) is 0 Å². The van der Waals surface area contributed by atoms with Crippen molar-refractivity contribution >= 4 is 56.0 Å². The van der Waals surface area contributed by atoms with E-state index in [9.17, 15) is 13.2 Å². The van der Waals surface area contributed by atoms with Crippen molar-refractivity contribution in [2.75, 3.05) is 19.4 Å². The van der Waals surface area contributed by atoms with Crippen LogP contribution in [0.3, 0.4) is 0 Å². The maximum absolute atomic E-state index is 12.5. The van der Waals surface area contributed by atoms with Crippen molar-refractivity contribution in [3.8, 4) is 0 Å². The average Bonchev–Trinajstić information content (AvgIpc) is 3.05. The van der Waals surface area contributed by atoms with Gasteiger partial charge in [-0.05, 0) is 37.3 Å². The number of amides is 1. The number of carbonyl (C=O) groups excluding carboxylic acids is 1. The van der Waals surface area contributed by atoms with Crippen molar-refractivity contribution in [3.63, 3.8) is 0 Å². The van der Waals surface area contributed by atoms with E-state index in [0.29, 0.717) is 10.8 Å². The number of anilines is 1. The van der Waals surface area contributed by atoms with Crippen LogP contribution in [0.25, 0.3) is 11.0 Å². The van der Waals surface area contributed by atoms with E-state index < -0.39 is 15.3 Å². The van der Waals surface area contributed by atoms with E-state index in [4.69, 9.17) is 11.6 Å². The third kappa shape index (κ3) is 4.33. The van der Waals surface area contributed by atoms with Crippen molar-refractivity contribution in [2.45, 2.75) is 22.2 Å². The Labute approximate surface area is 172 Å². The van der Waals surface area contributed by atoms with Crippen LogP contribution in [-0.2, 0) is 14.8 Å². The number of carbonyl (C=O) groups is 1. The van der Waals surface area contributed by atoms with Gasteiger partial charge in [0.25, 0.3) is 0 Å². The molecule has 1 unspecified atom stereocenters. The van der Waals surface area contributed by atoms with E-state index in [1.807, 2.05) is 24.3 Å². The van der Waals surface area contributed by atoms with Crippen molar-refractivity contribution in [1.29, 1.82) is 0 Å². The number of nitrogens with one attached hydrogen (secondary N) is 2. The van der Waals surface area contributed by atoms with Crippen LogP contribution >= 0.6 is 23.4 Å². The Morgan fingerprint density at radius 2 is 1.96 bits per heavy atom. The van der Waals surface area contributed by atoms with Gasteiger partial charge < -0.3 is 10.3 Å². The second-order valence-electron chi connectivity index (χ2n) is 6.24. The number of fused-ring (bicyclic) bond motifs is 1. The number of hydrogen-bond donors (Lipinski definition) is 2. The lowest BCUT2D eigenvalue weighted by molar-refractivity contribution is -0.115. The number of rotatable bonds is 6. The molecule has 148 valence electrons. The second kappa shape index (κ2) is 8.12. The molecule has 0 aliphatic heterocycles. The number of benzene rings is 2. The molecule has 0 bridgehead atoms. The minimum Gasteiger partial charge on any atom is -0.333 e.